The van der Waals surface area contributed by atoms with Gasteiger partial charge in [-0.2, -0.15) is 5.10 Å². The minimum Gasteiger partial charge on any atom is -0.491 e. The number of anilines is 1. The van der Waals surface area contributed by atoms with E-state index in [2.05, 4.69) is 15.4 Å². The molecule has 5 rings (SSSR count). The number of halogens is 2. The van der Waals surface area contributed by atoms with E-state index in [4.69, 9.17) is 9.47 Å². The van der Waals surface area contributed by atoms with Crippen molar-refractivity contribution < 1.29 is 23.0 Å². The van der Waals surface area contributed by atoms with Crippen LogP contribution in [0.4, 0.5) is 14.5 Å². The topological polar surface area (TPSA) is 82.7 Å². The Morgan fingerprint density at radius 1 is 1.06 bits per heavy atom. The second kappa shape index (κ2) is 9.51. The number of pyridine rings is 1. The first-order valence-electron chi connectivity index (χ1n) is 10.8. The number of ether oxygens (including phenoxy) is 2. The Bertz CT molecular complexity index is 1510. The largest absolute Gasteiger partial charge is 0.491 e. The van der Waals surface area contributed by atoms with Crippen LogP contribution in [0.1, 0.15) is 16.1 Å². The lowest BCUT2D eigenvalue weighted by atomic mass is 10.2. The molecule has 10 heteroatoms. The van der Waals surface area contributed by atoms with Crippen molar-refractivity contribution in [1.29, 1.82) is 0 Å². The lowest BCUT2D eigenvalue weighted by Gasteiger charge is -2.09. The second-order valence-electron chi connectivity index (χ2n) is 7.85. The number of carbonyl (C=O) groups is 1. The van der Waals surface area contributed by atoms with Gasteiger partial charge in [0.15, 0.2) is 0 Å². The molecular weight excluding hydrogens is 456 g/mol. The lowest BCUT2D eigenvalue weighted by Crippen LogP contribution is -2.14. The van der Waals surface area contributed by atoms with Crippen molar-refractivity contribution in [3.8, 4) is 5.75 Å². The Labute approximate surface area is 198 Å². The van der Waals surface area contributed by atoms with Crippen LogP contribution in [0.5, 0.6) is 5.75 Å². The van der Waals surface area contributed by atoms with Crippen molar-refractivity contribution in [2.24, 2.45) is 0 Å². The van der Waals surface area contributed by atoms with E-state index in [0.29, 0.717) is 52.5 Å². The number of rotatable bonds is 8. The molecule has 0 fully saturated rings. The second-order valence-corrected chi connectivity index (χ2v) is 7.85. The zero-order valence-electron chi connectivity index (χ0n) is 18.7. The fourth-order valence-electron chi connectivity index (χ4n) is 3.86. The van der Waals surface area contributed by atoms with E-state index in [-0.39, 0.29) is 12.5 Å². The minimum atomic E-state index is -0.647. The van der Waals surface area contributed by atoms with Crippen molar-refractivity contribution in [3.05, 3.63) is 90.0 Å². The first-order valence-corrected chi connectivity index (χ1v) is 10.8. The number of aromatic nitrogens is 4. The average Bonchev–Trinajstić information content (AvgIpc) is 3.43. The van der Waals surface area contributed by atoms with E-state index in [1.807, 2.05) is 6.07 Å². The van der Waals surface area contributed by atoms with E-state index in [1.165, 1.54) is 18.3 Å². The summed E-state index contributed by atoms with van der Waals surface area (Å²) in [5.41, 5.74) is 2.63. The molecule has 5 aromatic rings. The summed E-state index contributed by atoms with van der Waals surface area (Å²) in [6.07, 6.45) is 4.82. The summed E-state index contributed by atoms with van der Waals surface area (Å²) < 4.78 is 41.0. The van der Waals surface area contributed by atoms with Gasteiger partial charge in [0, 0.05) is 30.8 Å². The Balaban J connectivity index is 1.38. The molecule has 0 spiro atoms. The number of hydrogen-bond donors (Lipinski definition) is 1. The third-order valence-corrected chi connectivity index (χ3v) is 5.46. The third-order valence-electron chi connectivity index (χ3n) is 5.46. The fourth-order valence-corrected chi connectivity index (χ4v) is 3.86. The minimum absolute atomic E-state index is 0.178. The van der Waals surface area contributed by atoms with Crippen LogP contribution in [-0.4, -0.2) is 45.4 Å². The number of fused-ring (bicyclic) bond motifs is 2. The Morgan fingerprint density at radius 2 is 1.89 bits per heavy atom. The standard InChI is InChI=1S/C25H21F2N5O3/c1-34-7-8-35-19-5-6-31-23(14-28-24(31)12-19)25(33)30-21-3-2-4-22-20(21)13-29-32(22)15-16-9-17(26)11-18(27)10-16/h2-6,9-14H,7-8,15H2,1H3,(H,30,33). The predicted molar refractivity (Wildman–Crippen MR) is 126 cm³/mol. The summed E-state index contributed by atoms with van der Waals surface area (Å²) in [6.45, 7) is 1.05. The van der Waals surface area contributed by atoms with Crippen LogP contribution >= 0.6 is 0 Å². The van der Waals surface area contributed by atoms with Crippen molar-refractivity contribution >= 4 is 28.1 Å². The maximum absolute atomic E-state index is 13.6. The first-order chi connectivity index (χ1) is 17.0. The van der Waals surface area contributed by atoms with Crippen molar-refractivity contribution in [2.45, 2.75) is 6.54 Å². The SMILES string of the molecule is COCCOc1ccn2c(C(=O)Nc3cccc4c3cnn4Cc3cc(F)cc(F)c3)cnc2c1. The van der Waals surface area contributed by atoms with E-state index in [0.717, 1.165) is 6.07 Å². The van der Waals surface area contributed by atoms with Crippen LogP contribution in [-0.2, 0) is 11.3 Å². The smallest absolute Gasteiger partial charge is 0.274 e. The molecule has 0 aliphatic carbocycles. The molecule has 178 valence electrons. The number of carbonyl (C=O) groups excluding carboxylic acids is 1. The number of hydrogen-bond acceptors (Lipinski definition) is 5. The molecule has 1 N–H and O–H groups in total. The summed E-state index contributed by atoms with van der Waals surface area (Å²) in [5, 5.41) is 7.96. The molecule has 0 unspecified atom stereocenters. The van der Waals surface area contributed by atoms with Crippen LogP contribution < -0.4 is 10.1 Å². The van der Waals surface area contributed by atoms with Gasteiger partial charge in [-0.05, 0) is 35.9 Å². The van der Waals surface area contributed by atoms with Crippen molar-refractivity contribution in [1.82, 2.24) is 19.2 Å². The van der Waals surface area contributed by atoms with Gasteiger partial charge in [-0.25, -0.2) is 13.8 Å². The normalized spacial score (nSPS) is 11.3. The fraction of sp³-hybridized carbons (Fsp3) is 0.160. The van der Waals surface area contributed by atoms with Gasteiger partial charge in [0.25, 0.3) is 5.91 Å². The van der Waals surface area contributed by atoms with Crippen LogP contribution in [0.3, 0.4) is 0 Å². The molecule has 3 aromatic heterocycles. The molecule has 0 aliphatic heterocycles. The molecule has 0 saturated carbocycles. The van der Waals surface area contributed by atoms with E-state index >= 15 is 0 Å². The summed E-state index contributed by atoms with van der Waals surface area (Å²) in [5.74, 6) is -1.02. The molecule has 0 bridgehead atoms. The monoisotopic (exact) mass is 477 g/mol. The maximum atomic E-state index is 13.6. The van der Waals surface area contributed by atoms with Gasteiger partial charge in [-0.1, -0.05) is 6.07 Å². The van der Waals surface area contributed by atoms with Crippen LogP contribution in [0.15, 0.2) is 67.1 Å². The highest BCUT2D eigenvalue weighted by Gasteiger charge is 2.16. The van der Waals surface area contributed by atoms with E-state index < -0.39 is 11.6 Å². The molecule has 35 heavy (non-hydrogen) atoms. The molecule has 2 aromatic carbocycles. The molecule has 3 heterocycles. The first kappa shape index (κ1) is 22.5. The zero-order valence-corrected chi connectivity index (χ0v) is 18.7. The molecule has 0 radical (unpaired) electrons. The third kappa shape index (κ3) is 4.69. The number of amides is 1. The highest BCUT2D eigenvalue weighted by molar-refractivity contribution is 6.08. The molecule has 8 nitrogen and oxygen atoms in total. The number of nitrogens with zero attached hydrogens (tertiary/aromatic N) is 4. The summed E-state index contributed by atoms with van der Waals surface area (Å²) in [7, 11) is 1.60. The van der Waals surface area contributed by atoms with Gasteiger partial charge in [-0.3, -0.25) is 13.9 Å². The number of benzene rings is 2. The van der Waals surface area contributed by atoms with E-state index in [1.54, 1.807) is 52.9 Å². The van der Waals surface area contributed by atoms with Crippen molar-refractivity contribution in [2.75, 3.05) is 25.6 Å². The molecule has 0 atom stereocenters. The van der Waals surface area contributed by atoms with Crippen LogP contribution in [0.25, 0.3) is 16.6 Å². The highest BCUT2D eigenvalue weighted by Crippen LogP contribution is 2.25. The lowest BCUT2D eigenvalue weighted by molar-refractivity contribution is 0.102. The van der Waals surface area contributed by atoms with Crippen LogP contribution in [0.2, 0.25) is 0 Å². The number of nitrogens with one attached hydrogen (secondary N) is 1. The van der Waals surface area contributed by atoms with Gasteiger partial charge < -0.3 is 14.8 Å². The zero-order chi connectivity index (χ0) is 24.4. The molecule has 0 aliphatic rings. The number of imidazole rings is 1. The Morgan fingerprint density at radius 3 is 2.69 bits per heavy atom. The van der Waals surface area contributed by atoms with Gasteiger partial charge in [-0.15, -0.1) is 0 Å². The summed E-state index contributed by atoms with van der Waals surface area (Å²) in [4.78, 5) is 17.4. The van der Waals surface area contributed by atoms with Gasteiger partial charge >= 0.3 is 0 Å². The van der Waals surface area contributed by atoms with Gasteiger partial charge in [0.1, 0.15) is 35.3 Å². The Hall–Kier alpha value is -4.31. The summed E-state index contributed by atoms with van der Waals surface area (Å²) >= 11 is 0. The molecular formula is C25H21F2N5O3. The predicted octanol–water partition coefficient (Wildman–Crippen LogP) is 4.29. The molecule has 0 saturated heterocycles. The van der Waals surface area contributed by atoms with E-state index in [9.17, 15) is 13.6 Å². The average molecular weight is 477 g/mol. The number of methoxy groups -OCH3 is 1. The quantitative estimate of drug-likeness (QED) is 0.337. The molecule has 1 amide bonds. The van der Waals surface area contributed by atoms with Crippen molar-refractivity contribution in [3.63, 3.8) is 0 Å². The summed E-state index contributed by atoms with van der Waals surface area (Å²) in [6, 6.07) is 12.2. The van der Waals surface area contributed by atoms with Crippen LogP contribution in [0, 0.1) is 11.6 Å². The van der Waals surface area contributed by atoms with Gasteiger partial charge in [0.05, 0.1) is 36.7 Å². The highest BCUT2D eigenvalue weighted by atomic mass is 19.1. The van der Waals surface area contributed by atoms with Gasteiger partial charge in [0.2, 0.25) is 0 Å². The maximum Gasteiger partial charge on any atom is 0.274 e. The Kier molecular flexibility index (Phi) is 6.11.